The van der Waals surface area contributed by atoms with E-state index < -0.39 is 8.45 Å². The molecule has 4 nitrogen and oxygen atoms in total. The first-order valence-electron chi connectivity index (χ1n) is 16.7. The van der Waals surface area contributed by atoms with Crippen molar-refractivity contribution in [1.82, 2.24) is 8.68 Å². The molecule has 5 heteroatoms. The van der Waals surface area contributed by atoms with Crippen molar-refractivity contribution in [3.8, 4) is 17.2 Å². The summed E-state index contributed by atoms with van der Waals surface area (Å²) >= 11 is 0. The third-order valence-corrected chi connectivity index (χ3v) is 11.7. The molecule has 242 valence electrons. The van der Waals surface area contributed by atoms with E-state index in [9.17, 15) is 0 Å². The fraction of sp³-hybridized carbons (Fsp3) is 0.333. The zero-order valence-electron chi connectivity index (χ0n) is 29.7. The molecule has 3 heterocycles. The van der Waals surface area contributed by atoms with Crippen LogP contribution < -0.4 is 9.26 Å². The first-order chi connectivity index (χ1) is 22.1. The number of hydrogen-bond donors (Lipinski definition) is 0. The van der Waals surface area contributed by atoms with Crippen LogP contribution in [0.3, 0.4) is 0 Å². The third-order valence-electron chi connectivity index (χ3n) is 9.94. The molecule has 0 unspecified atom stereocenters. The van der Waals surface area contributed by atoms with Gasteiger partial charge in [-0.25, -0.2) is 0 Å². The largest absolute Gasteiger partial charge is 0.453 e. The molecule has 0 saturated heterocycles. The van der Waals surface area contributed by atoms with E-state index in [1.54, 1.807) is 0 Å². The monoisotopic (exact) mass is 642 g/mol. The molecule has 47 heavy (non-hydrogen) atoms. The van der Waals surface area contributed by atoms with Crippen molar-refractivity contribution >= 4 is 30.3 Å². The van der Waals surface area contributed by atoms with Gasteiger partial charge in [0.2, 0.25) is 0 Å². The van der Waals surface area contributed by atoms with E-state index in [4.69, 9.17) is 9.26 Å². The van der Waals surface area contributed by atoms with E-state index in [1.165, 1.54) is 38.6 Å². The van der Waals surface area contributed by atoms with Crippen LogP contribution >= 0.6 is 8.45 Å². The van der Waals surface area contributed by atoms with Gasteiger partial charge in [-0.15, -0.1) is 0 Å². The average molecular weight is 643 g/mol. The minimum atomic E-state index is -1.42. The lowest BCUT2D eigenvalue weighted by molar-refractivity contribution is 0.394. The number of hydrogen-bond acceptors (Lipinski definition) is 2. The van der Waals surface area contributed by atoms with Crippen LogP contribution in [0, 0.1) is 20.8 Å². The highest BCUT2D eigenvalue weighted by molar-refractivity contribution is 7.50. The van der Waals surface area contributed by atoms with Crippen molar-refractivity contribution in [3.05, 3.63) is 124 Å². The number of ether oxygens (including phenoxy) is 1. The maximum Gasteiger partial charge on any atom is 0.318 e. The first-order valence-corrected chi connectivity index (χ1v) is 17.9. The Labute approximate surface area is 281 Å². The zero-order chi connectivity index (χ0) is 33.6. The first kappa shape index (κ1) is 31.6. The number of aromatic nitrogens is 2. The van der Waals surface area contributed by atoms with Crippen LogP contribution in [0.5, 0.6) is 17.2 Å². The van der Waals surface area contributed by atoms with E-state index >= 15 is 0 Å². The number of benzene rings is 4. The van der Waals surface area contributed by atoms with Crippen molar-refractivity contribution in [1.29, 1.82) is 0 Å². The van der Waals surface area contributed by atoms with Gasteiger partial charge in [0, 0.05) is 39.7 Å². The molecule has 6 aromatic rings. The van der Waals surface area contributed by atoms with Crippen molar-refractivity contribution in [2.45, 2.75) is 92.4 Å². The molecule has 0 aliphatic carbocycles. The normalized spacial score (nSPS) is 14.4. The lowest BCUT2D eigenvalue weighted by atomic mass is 9.71. The molecule has 0 bridgehead atoms. The summed E-state index contributed by atoms with van der Waals surface area (Å²) in [5, 5.41) is 2.47. The summed E-state index contributed by atoms with van der Waals surface area (Å²) in [5.74, 6) is 2.54. The molecule has 0 saturated carbocycles. The molecule has 0 radical (unpaired) electrons. The molecule has 0 amide bonds. The average Bonchev–Trinajstić information content (AvgIpc) is 3.52. The highest BCUT2D eigenvalue weighted by Crippen LogP contribution is 2.57. The Hall–Kier alpha value is -4.01. The standard InChI is InChI=1S/C42H47N2O2P/c1-26-20-29(40(4,5)6)21-33-38(26)45-39-34(42(33,10)11)22-30(41(7,8)9)23-37(39)46-47(43-24-27(2)31-16-12-14-18-35(31)43)44-25-28(3)32-17-13-15-19-36(32)44/h12-25H,1-11H3. The van der Waals surface area contributed by atoms with Gasteiger partial charge in [-0.1, -0.05) is 110 Å². The van der Waals surface area contributed by atoms with E-state index in [2.05, 4.69) is 170 Å². The lowest BCUT2D eigenvalue weighted by Crippen LogP contribution is -2.27. The number of rotatable bonds is 4. The second kappa shape index (κ2) is 10.8. The third kappa shape index (κ3) is 5.17. The maximum absolute atomic E-state index is 7.46. The summed E-state index contributed by atoms with van der Waals surface area (Å²) in [6.45, 7) is 24.9. The number of fused-ring (bicyclic) bond motifs is 4. The molecule has 1 aliphatic rings. The van der Waals surface area contributed by atoms with Crippen LogP contribution in [0.15, 0.2) is 85.2 Å². The van der Waals surface area contributed by atoms with E-state index in [0.29, 0.717) is 0 Å². The zero-order valence-corrected chi connectivity index (χ0v) is 30.6. The van der Waals surface area contributed by atoms with Gasteiger partial charge in [0.1, 0.15) is 5.75 Å². The Morgan fingerprint density at radius 3 is 1.60 bits per heavy atom. The highest BCUT2D eigenvalue weighted by Gasteiger charge is 2.40. The Morgan fingerprint density at radius 2 is 1.09 bits per heavy atom. The Morgan fingerprint density at radius 1 is 0.617 bits per heavy atom. The van der Waals surface area contributed by atoms with Gasteiger partial charge in [-0.2, -0.15) is 0 Å². The van der Waals surface area contributed by atoms with Crippen molar-refractivity contribution in [3.63, 3.8) is 0 Å². The van der Waals surface area contributed by atoms with Gasteiger partial charge in [0.15, 0.2) is 11.5 Å². The minimum Gasteiger partial charge on any atom is -0.453 e. The fourth-order valence-electron chi connectivity index (χ4n) is 6.95. The highest BCUT2D eigenvalue weighted by atomic mass is 31.2. The predicted octanol–water partition coefficient (Wildman–Crippen LogP) is 12.3. The summed E-state index contributed by atoms with van der Waals surface area (Å²) in [7, 11) is -1.42. The van der Waals surface area contributed by atoms with Crippen LogP contribution in [0.4, 0.5) is 0 Å². The molecule has 0 spiro atoms. The summed E-state index contributed by atoms with van der Waals surface area (Å²) in [6, 6.07) is 26.5. The fourth-order valence-corrected chi connectivity index (χ4v) is 8.90. The maximum atomic E-state index is 7.46. The molecule has 0 N–H and O–H groups in total. The van der Waals surface area contributed by atoms with Gasteiger partial charge in [0.05, 0.1) is 11.0 Å². The summed E-state index contributed by atoms with van der Waals surface area (Å²) < 4.78 is 19.2. The van der Waals surface area contributed by atoms with E-state index in [-0.39, 0.29) is 16.2 Å². The van der Waals surface area contributed by atoms with E-state index in [0.717, 1.165) is 39.4 Å². The molecule has 7 rings (SSSR count). The summed E-state index contributed by atoms with van der Waals surface area (Å²) in [6.07, 6.45) is 4.50. The van der Waals surface area contributed by atoms with Gasteiger partial charge in [-0.3, -0.25) is 8.68 Å². The van der Waals surface area contributed by atoms with Gasteiger partial charge >= 0.3 is 8.45 Å². The van der Waals surface area contributed by atoms with Gasteiger partial charge in [-0.05, 0) is 77.6 Å². The van der Waals surface area contributed by atoms with Crippen molar-refractivity contribution in [2.75, 3.05) is 0 Å². The quantitative estimate of drug-likeness (QED) is 0.179. The second-order valence-electron chi connectivity index (χ2n) is 15.9. The topological polar surface area (TPSA) is 28.3 Å². The van der Waals surface area contributed by atoms with Crippen LogP contribution in [0.2, 0.25) is 0 Å². The Balaban J connectivity index is 1.49. The van der Waals surface area contributed by atoms with Crippen molar-refractivity contribution in [2.24, 2.45) is 0 Å². The Bertz CT molecular complexity index is 2110. The SMILES string of the molecule is Cc1cc(C(C)(C)C)cc2c1Oc1c(OP(n3cc(C)c4ccccc43)n3cc(C)c4ccccc43)cc(C(C)(C)C)cc1C2(C)C. The van der Waals surface area contributed by atoms with Gasteiger partial charge in [0.25, 0.3) is 0 Å². The van der Waals surface area contributed by atoms with Crippen LogP contribution in [-0.2, 0) is 16.2 Å². The molecule has 1 aliphatic heterocycles. The predicted molar refractivity (Wildman–Crippen MR) is 199 cm³/mol. The molecular formula is C42H47N2O2P. The molecular weight excluding hydrogens is 595 g/mol. The van der Waals surface area contributed by atoms with Gasteiger partial charge < -0.3 is 9.26 Å². The second-order valence-corrected chi connectivity index (χ2v) is 17.5. The molecule has 4 aromatic carbocycles. The summed E-state index contributed by atoms with van der Waals surface area (Å²) in [4.78, 5) is 0. The smallest absolute Gasteiger partial charge is 0.318 e. The Kier molecular flexibility index (Phi) is 7.23. The van der Waals surface area contributed by atoms with Crippen LogP contribution in [0.25, 0.3) is 21.8 Å². The van der Waals surface area contributed by atoms with E-state index in [1.807, 2.05) is 0 Å². The van der Waals surface area contributed by atoms with Crippen LogP contribution in [0.1, 0.15) is 94.3 Å². The lowest BCUT2D eigenvalue weighted by Gasteiger charge is -2.39. The number of para-hydroxylation sites is 2. The number of nitrogens with zero attached hydrogens (tertiary/aromatic N) is 2. The van der Waals surface area contributed by atoms with Crippen LogP contribution in [-0.4, -0.2) is 8.68 Å². The molecule has 0 fully saturated rings. The molecule has 2 aromatic heterocycles. The number of aryl methyl sites for hydroxylation is 3. The minimum absolute atomic E-state index is 0.0306. The van der Waals surface area contributed by atoms with Crippen molar-refractivity contribution < 1.29 is 9.26 Å². The summed E-state index contributed by atoms with van der Waals surface area (Å²) in [5.41, 5.74) is 10.5. The molecule has 0 atom stereocenters.